The van der Waals surface area contributed by atoms with Gasteiger partial charge in [0, 0.05) is 61.3 Å². The summed E-state index contributed by atoms with van der Waals surface area (Å²) < 4.78 is 46.2. The van der Waals surface area contributed by atoms with Crippen molar-refractivity contribution in [1.29, 1.82) is 0 Å². The number of carbonyl (C=O) groups excluding carboxylic acids is 2. The van der Waals surface area contributed by atoms with Crippen molar-refractivity contribution in [2.45, 2.75) is 32.1 Å². The van der Waals surface area contributed by atoms with Crippen LogP contribution in [0.4, 0.5) is 0 Å². The third-order valence-corrected chi connectivity index (χ3v) is 11.4. The highest BCUT2D eigenvalue weighted by atomic mass is 16.5. The summed E-state index contributed by atoms with van der Waals surface area (Å²) in [5.41, 5.74) is 5.24. The SMILES string of the molecule is NCCc1ccc(OCCCC(=O)NCCOCCOc2c(-c3ccc(O)c(O)c3)oc3cc(O)cc(O)c3c2=O)c(OCCCC(=O)NCCOCCOc2c(-c3ccc(O)c(O)c3)oc3cc(O)cc(O)c3c2=O)c1. The van der Waals surface area contributed by atoms with Gasteiger partial charge in [0.15, 0.2) is 46.0 Å². The molecule has 23 heteroatoms. The molecule has 0 bridgehead atoms. The van der Waals surface area contributed by atoms with E-state index in [-0.39, 0.29) is 158 Å². The van der Waals surface area contributed by atoms with Gasteiger partial charge in [-0.05, 0) is 79.9 Å². The van der Waals surface area contributed by atoms with Gasteiger partial charge in [-0.25, -0.2) is 0 Å². The van der Waals surface area contributed by atoms with E-state index in [1.165, 1.54) is 24.3 Å². The van der Waals surface area contributed by atoms with Gasteiger partial charge in [-0.15, -0.1) is 0 Å². The molecule has 408 valence electrons. The molecule has 0 fully saturated rings. The van der Waals surface area contributed by atoms with Gasteiger partial charge in [0.25, 0.3) is 0 Å². The van der Waals surface area contributed by atoms with Crippen molar-refractivity contribution in [2.75, 3.05) is 72.5 Å². The Morgan fingerprint density at radius 2 is 0.948 bits per heavy atom. The maximum absolute atomic E-state index is 13.4. The van der Waals surface area contributed by atoms with Crippen LogP contribution in [0.25, 0.3) is 44.6 Å². The molecule has 0 atom stereocenters. The topological polar surface area (TPSA) is 362 Å². The molecule has 5 aromatic carbocycles. The Hall–Kier alpha value is -9.06. The highest BCUT2D eigenvalue weighted by Gasteiger charge is 2.24. The Bertz CT molecular complexity index is 3340. The van der Waals surface area contributed by atoms with Gasteiger partial charge in [0.1, 0.15) is 58.2 Å². The Morgan fingerprint density at radius 1 is 0.481 bits per heavy atom. The van der Waals surface area contributed by atoms with Gasteiger partial charge in [-0.2, -0.15) is 0 Å². The highest BCUT2D eigenvalue weighted by molar-refractivity contribution is 5.89. The third kappa shape index (κ3) is 14.6. The number of amides is 2. The monoisotopic (exact) mass is 1070 g/mol. The summed E-state index contributed by atoms with van der Waals surface area (Å²) >= 11 is 0. The fourth-order valence-corrected chi connectivity index (χ4v) is 7.76. The average Bonchev–Trinajstić information content (AvgIpc) is 3.40. The summed E-state index contributed by atoms with van der Waals surface area (Å²) in [6.07, 6.45) is 1.64. The predicted octanol–water partition coefficient (Wildman–Crippen LogP) is 5.12. The number of ether oxygens (including phenoxy) is 6. The second kappa shape index (κ2) is 26.4. The van der Waals surface area contributed by atoms with E-state index in [2.05, 4.69) is 10.6 Å². The zero-order valence-corrected chi connectivity index (χ0v) is 41.4. The van der Waals surface area contributed by atoms with Crippen LogP contribution < -0.4 is 46.2 Å². The fraction of sp³-hybridized carbons (Fsp3) is 0.296. The summed E-state index contributed by atoms with van der Waals surface area (Å²) in [7, 11) is 0. The van der Waals surface area contributed by atoms with Crippen LogP contribution in [0.15, 0.2) is 97.3 Å². The number of phenolic OH excluding ortho intramolecular Hbond substituents is 8. The molecule has 0 aliphatic rings. The molecule has 0 aliphatic heterocycles. The number of hydrogen-bond acceptors (Lipinski definition) is 21. The molecule has 2 heterocycles. The number of hydrogen-bond donors (Lipinski definition) is 11. The van der Waals surface area contributed by atoms with Crippen molar-refractivity contribution >= 4 is 33.8 Å². The minimum absolute atomic E-state index is 0.0109. The summed E-state index contributed by atoms with van der Waals surface area (Å²) in [6, 6.07) is 17.1. The van der Waals surface area contributed by atoms with Crippen molar-refractivity contribution in [3.63, 3.8) is 0 Å². The summed E-state index contributed by atoms with van der Waals surface area (Å²) in [5.74, 6) is -4.01. The number of carbonyl (C=O) groups is 2. The van der Waals surface area contributed by atoms with Gasteiger partial charge in [0.2, 0.25) is 34.2 Å². The van der Waals surface area contributed by atoms with E-state index in [9.17, 15) is 60.0 Å². The van der Waals surface area contributed by atoms with E-state index in [1.54, 1.807) is 6.07 Å². The molecule has 2 aromatic heterocycles. The van der Waals surface area contributed by atoms with E-state index >= 15 is 0 Å². The van der Waals surface area contributed by atoms with E-state index in [4.69, 9.17) is 43.0 Å². The molecule has 7 rings (SSSR count). The molecule has 0 saturated carbocycles. The largest absolute Gasteiger partial charge is 0.508 e. The van der Waals surface area contributed by atoms with Gasteiger partial charge in [0.05, 0.1) is 39.6 Å². The number of aromatic hydroxyl groups is 8. The molecular formula is C54H57N3O20. The van der Waals surface area contributed by atoms with Crippen LogP contribution in [0.3, 0.4) is 0 Å². The zero-order chi connectivity index (χ0) is 55.0. The first-order valence-electron chi connectivity index (χ1n) is 24.2. The number of rotatable bonds is 28. The molecule has 2 amide bonds. The van der Waals surface area contributed by atoms with E-state index in [1.807, 2.05) is 12.1 Å². The lowest BCUT2D eigenvalue weighted by Gasteiger charge is -2.14. The molecule has 0 spiro atoms. The van der Waals surface area contributed by atoms with E-state index in [0.717, 1.165) is 42.0 Å². The third-order valence-electron chi connectivity index (χ3n) is 11.4. The number of fused-ring (bicyclic) bond motifs is 2. The second-order valence-electron chi connectivity index (χ2n) is 17.1. The maximum atomic E-state index is 13.4. The van der Waals surface area contributed by atoms with E-state index < -0.39 is 45.4 Å². The van der Waals surface area contributed by atoms with Gasteiger partial charge in [-0.1, -0.05) is 6.07 Å². The van der Waals surface area contributed by atoms with E-state index in [0.29, 0.717) is 37.3 Å². The summed E-state index contributed by atoms with van der Waals surface area (Å²) in [6.45, 7) is 1.05. The Labute approximate surface area is 437 Å². The lowest BCUT2D eigenvalue weighted by molar-refractivity contribution is -0.122. The van der Waals surface area contributed by atoms with Crippen LogP contribution in [0.2, 0.25) is 0 Å². The van der Waals surface area contributed by atoms with Gasteiger partial charge in [-0.3, -0.25) is 19.2 Å². The highest BCUT2D eigenvalue weighted by Crippen LogP contribution is 2.40. The first kappa shape index (κ1) is 55.7. The van der Waals surface area contributed by atoms with Crippen molar-refractivity contribution in [3.05, 3.63) is 105 Å². The predicted molar refractivity (Wildman–Crippen MR) is 276 cm³/mol. The van der Waals surface area contributed by atoms with Gasteiger partial charge < -0.3 is 94.5 Å². The van der Waals surface area contributed by atoms with Crippen molar-refractivity contribution in [3.8, 4) is 91.6 Å². The smallest absolute Gasteiger partial charge is 0.239 e. The molecular weight excluding hydrogens is 1010 g/mol. The molecule has 0 unspecified atom stereocenters. The lowest BCUT2D eigenvalue weighted by atomic mass is 10.1. The van der Waals surface area contributed by atoms with Crippen LogP contribution in [0, 0.1) is 0 Å². The molecule has 23 nitrogen and oxygen atoms in total. The Balaban J connectivity index is 0.779. The summed E-state index contributed by atoms with van der Waals surface area (Å²) in [5, 5.41) is 85.3. The quantitative estimate of drug-likeness (QED) is 0.0224. The minimum Gasteiger partial charge on any atom is -0.508 e. The molecule has 7 aromatic rings. The van der Waals surface area contributed by atoms with Crippen LogP contribution >= 0.6 is 0 Å². The first-order chi connectivity index (χ1) is 37.1. The van der Waals surface area contributed by atoms with Crippen molar-refractivity contribution in [1.82, 2.24) is 10.6 Å². The Kier molecular flexibility index (Phi) is 19.1. The van der Waals surface area contributed by atoms with Crippen LogP contribution in [0.5, 0.6) is 69.0 Å². The minimum atomic E-state index is -0.752. The molecule has 0 radical (unpaired) electrons. The standard InChI is InChI=1S/C54H57N3O20/c55-12-11-30-5-10-41(72-15-1-3-45(66)56-13-17-70-19-21-74-53-49(68)47-39(64)26-33(58)28-43(47)76-51(53)31-6-8-35(60)37(62)24-31)42(23-30)73-16-2-4-46(67)57-14-18-71-20-22-75-54-50(69)48-40(65)27-34(59)29-44(48)77-52(54)32-7-9-36(61)38(63)25-32/h5-10,23-29,58-65H,1-4,11-22,55H2,(H,56,66)(H,57,67). The molecule has 12 N–H and O–H groups in total. The van der Waals surface area contributed by atoms with Crippen LogP contribution in [-0.4, -0.2) is 125 Å². The maximum Gasteiger partial charge on any atom is 0.239 e. The van der Waals surface area contributed by atoms with Crippen LogP contribution in [-0.2, 0) is 25.5 Å². The number of phenols is 8. The number of nitrogens with one attached hydrogen (secondary N) is 2. The molecule has 77 heavy (non-hydrogen) atoms. The average molecular weight is 1070 g/mol. The molecule has 0 saturated heterocycles. The second-order valence-corrected chi connectivity index (χ2v) is 17.1. The zero-order valence-electron chi connectivity index (χ0n) is 41.4. The van der Waals surface area contributed by atoms with Crippen molar-refractivity contribution in [2.24, 2.45) is 5.73 Å². The lowest BCUT2D eigenvalue weighted by Crippen LogP contribution is -2.28. The Morgan fingerprint density at radius 3 is 1.40 bits per heavy atom. The van der Waals surface area contributed by atoms with Crippen molar-refractivity contribution < 1.29 is 87.7 Å². The number of nitrogens with two attached hydrogens (primary N) is 1. The normalized spacial score (nSPS) is 11.2. The first-order valence-corrected chi connectivity index (χ1v) is 24.2. The van der Waals surface area contributed by atoms with Gasteiger partial charge >= 0.3 is 0 Å². The molecule has 0 aliphatic carbocycles. The summed E-state index contributed by atoms with van der Waals surface area (Å²) in [4.78, 5) is 52.0. The van der Waals surface area contributed by atoms with Crippen LogP contribution in [0.1, 0.15) is 31.2 Å². The fourth-order valence-electron chi connectivity index (χ4n) is 7.76. The number of benzene rings is 5.